The Morgan fingerprint density at radius 3 is 1.25 bits per heavy atom. The van der Waals surface area contributed by atoms with Crippen LogP contribution in [0, 0.1) is 6.92 Å². The van der Waals surface area contributed by atoms with Crippen molar-refractivity contribution in [1.29, 1.82) is 0 Å². The summed E-state index contributed by atoms with van der Waals surface area (Å²) in [6, 6.07) is 0. The summed E-state index contributed by atoms with van der Waals surface area (Å²) in [4.78, 5) is 21.6. The molecule has 0 aliphatic heterocycles. The molecule has 6 heteroatoms. The maximum atomic E-state index is 8.88. The minimum atomic E-state index is -4.64. The van der Waals surface area contributed by atoms with Crippen LogP contribution in [-0.4, -0.2) is 14.7 Å². The van der Waals surface area contributed by atoms with Gasteiger partial charge in [0.2, 0.25) is 0 Å². The quantitative estimate of drug-likeness (QED) is 0.194. The first-order chi connectivity index (χ1) is 3.00. The van der Waals surface area contributed by atoms with Crippen molar-refractivity contribution in [3.05, 3.63) is 6.92 Å². The van der Waals surface area contributed by atoms with Crippen LogP contribution < -0.4 is 29.6 Å². The van der Waals surface area contributed by atoms with E-state index in [0.29, 0.717) is 0 Å². The summed E-state index contributed by atoms with van der Waals surface area (Å²) in [6.07, 6.45) is 0. The minimum Gasteiger partial charge on any atom is -0.346 e. The second-order valence-electron chi connectivity index (χ2n) is 0.513. The summed E-state index contributed by atoms with van der Waals surface area (Å²) < 4.78 is 8.88. The van der Waals surface area contributed by atoms with Gasteiger partial charge in [0.05, 0.1) is 0 Å². The predicted octanol–water partition coefficient (Wildman–Crippen LogP) is -3.08. The summed E-state index contributed by atoms with van der Waals surface area (Å²) in [7, 11) is -4.64. The van der Waals surface area contributed by atoms with Crippen LogP contribution in [0.2, 0.25) is 0 Å². The zero-order chi connectivity index (χ0) is 6.50. The van der Waals surface area contributed by atoms with Crippen molar-refractivity contribution in [3.63, 3.8) is 0 Å². The first-order valence-electron chi connectivity index (χ1n) is 1.49. The number of rotatable bonds is 0. The van der Waals surface area contributed by atoms with Crippen molar-refractivity contribution in [3.8, 4) is 0 Å². The molecule has 0 fully saturated rings. The molecule has 3 N–H and O–H groups in total. The molecule has 0 heterocycles. The summed E-state index contributed by atoms with van der Waals surface area (Å²) in [5.41, 5.74) is 0. The average Bonchev–Trinajstić information content (AvgIpc) is 1.36. The van der Waals surface area contributed by atoms with Crippen LogP contribution in [-0.2, 0) is 4.57 Å². The number of hydrogen-bond donors (Lipinski definition) is 3. The van der Waals surface area contributed by atoms with E-state index in [2.05, 4.69) is 6.92 Å². The zero-order valence-corrected chi connectivity index (χ0v) is 7.80. The van der Waals surface area contributed by atoms with Crippen LogP contribution in [0.4, 0.5) is 0 Å². The Bertz CT molecular complexity index is 60.2. The predicted molar refractivity (Wildman–Crippen MR) is 25.3 cm³/mol. The van der Waals surface area contributed by atoms with Gasteiger partial charge in [0.1, 0.15) is 0 Å². The fraction of sp³-hybridized carbons (Fsp3) is 0.500. The SMILES string of the molecule is O=P(O)(O)O.[CH2-]C.[Na+]. The molecule has 0 atom stereocenters. The molecule has 0 amide bonds. The molecule has 0 aromatic heterocycles. The maximum Gasteiger partial charge on any atom is 1.00 e. The van der Waals surface area contributed by atoms with Gasteiger partial charge >= 0.3 is 37.4 Å². The molecule has 0 aliphatic carbocycles. The van der Waals surface area contributed by atoms with E-state index in [-0.39, 0.29) is 29.6 Å². The average molecular weight is 150 g/mol. The molecule has 0 radical (unpaired) electrons. The monoisotopic (exact) mass is 150 g/mol. The van der Waals surface area contributed by atoms with Crippen molar-refractivity contribution in [2.75, 3.05) is 0 Å². The van der Waals surface area contributed by atoms with Crippen LogP contribution in [0.15, 0.2) is 0 Å². The van der Waals surface area contributed by atoms with E-state index < -0.39 is 7.82 Å². The second kappa shape index (κ2) is 8.11. The van der Waals surface area contributed by atoms with E-state index in [1.54, 1.807) is 6.92 Å². The molecule has 0 unspecified atom stereocenters. The van der Waals surface area contributed by atoms with Gasteiger partial charge in [-0.3, -0.25) is 0 Å². The minimum absolute atomic E-state index is 0. The molecule has 0 aromatic rings. The second-order valence-corrected chi connectivity index (χ2v) is 1.54. The summed E-state index contributed by atoms with van der Waals surface area (Å²) >= 11 is 0. The largest absolute Gasteiger partial charge is 1.00 e. The van der Waals surface area contributed by atoms with Gasteiger partial charge in [-0.2, -0.15) is 6.92 Å². The first-order valence-corrected chi connectivity index (χ1v) is 3.05. The van der Waals surface area contributed by atoms with Crippen molar-refractivity contribution in [2.45, 2.75) is 6.92 Å². The standard InChI is InChI=1S/C2H5.Na.H3O4P/c1-2;;1-5(2,3)4/h1H2,2H3;;(H3,1,2,3,4)/q-1;+1;. The van der Waals surface area contributed by atoms with Crippen LogP contribution in [0.5, 0.6) is 0 Å². The molecule has 46 valence electrons. The molecule has 0 bridgehead atoms. The van der Waals surface area contributed by atoms with Crippen LogP contribution in [0.25, 0.3) is 0 Å². The van der Waals surface area contributed by atoms with E-state index in [1.165, 1.54) is 0 Å². The van der Waals surface area contributed by atoms with E-state index in [9.17, 15) is 0 Å². The molecule has 4 nitrogen and oxygen atoms in total. The third-order valence-electron chi connectivity index (χ3n) is 0. The smallest absolute Gasteiger partial charge is 0.346 e. The Labute approximate surface area is 70.5 Å². The Morgan fingerprint density at radius 2 is 1.25 bits per heavy atom. The maximum absolute atomic E-state index is 8.88. The van der Waals surface area contributed by atoms with E-state index >= 15 is 0 Å². The Hall–Kier alpha value is 1.11. The Balaban J connectivity index is -0.0000000750. The molecule has 0 aromatic carbocycles. The third-order valence-corrected chi connectivity index (χ3v) is 0. The Morgan fingerprint density at radius 1 is 1.25 bits per heavy atom. The summed E-state index contributed by atoms with van der Waals surface area (Å²) in [5, 5.41) is 0. The normalized spacial score (nSPS) is 8.12. The van der Waals surface area contributed by atoms with E-state index in [4.69, 9.17) is 19.2 Å². The van der Waals surface area contributed by atoms with Gasteiger partial charge in [-0.25, -0.2) is 4.57 Å². The first kappa shape index (κ1) is 16.1. The molecule has 0 saturated carbocycles. The van der Waals surface area contributed by atoms with Gasteiger partial charge in [-0.1, -0.05) is 0 Å². The fourth-order valence-electron chi connectivity index (χ4n) is 0. The van der Waals surface area contributed by atoms with Gasteiger partial charge in [-0.15, -0.1) is 0 Å². The fourth-order valence-corrected chi connectivity index (χ4v) is 0. The van der Waals surface area contributed by atoms with Gasteiger partial charge in [0, 0.05) is 0 Å². The van der Waals surface area contributed by atoms with Crippen molar-refractivity contribution in [2.24, 2.45) is 0 Å². The van der Waals surface area contributed by atoms with Gasteiger partial charge < -0.3 is 21.6 Å². The number of hydrogen-bond acceptors (Lipinski definition) is 1. The van der Waals surface area contributed by atoms with Crippen LogP contribution >= 0.6 is 7.82 Å². The molecule has 0 aliphatic rings. The van der Waals surface area contributed by atoms with Crippen molar-refractivity contribution in [1.82, 2.24) is 0 Å². The zero-order valence-electron chi connectivity index (χ0n) is 4.90. The van der Waals surface area contributed by atoms with E-state index in [0.717, 1.165) is 0 Å². The number of phosphoric acid groups is 1. The van der Waals surface area contributed by atoms with Gasteiger partial charge in [-0.05, 0) is 0 Å². The molecular weight excluding hydrogens is 142 g/mol. The van der Waals surface area contributed by atoms with Gasteiger partial charge in [0.25, 0.3) is 0 Å². The molecule has 0 saturated heterocycles. The van der Waals surface area contributed by atoms with E-state index in [1.807, 2.05) is 0 Å². The Kier molecular flexibility index (Phi) is 16.3. The van der Waals surface area contributed by atoms with Crippen molar-refractivity contribution < 1.29 is 48.8 Å². The summed E-state index contributed by atoms with van der Waals surface area (Å²) in [6.45, 7) is 5.00. The van der Waals surface area contributed by atoms with Crippen molar-refractivity contribution >= 4 is 7.82 Å². The molecule has 0 spiro atoms. The molecule has 8 heavy (non-hydrogen) atoms. The van der Waals surface area contributed by atoms with Crippen LogP contribution in [0.3, 0.4) is 0 Å². The third kappa shape index (κ3) is 215. The van der Waals surface area contributed by atoms with Crippen LogP contribution in [0.1, 0.15) is 6.92 Å². The summed E-state index contributed by atoms with van der Waals surface area (Å²) in [5.74, 6) is 0. The molecule has 0 rings (SSSR count). The topological polar surface area (TPSA) is 77.8 Å². The molecular formula is C2H8NaO4P. The van der Waals surface area contributed by atoms with Gasteiger partial charge in [0.15, 0.2) is 0 Å².